The summed E-state index contributed by atoms with van der Waals surface area (Å²) in [5.74, 6) is 0. The fourth-order valence-electron chi connectivity index (χ4n) is 3.27. The molecule has 2 aromatic heterocycles. The normalized spacial score (nSPS) is 25.3. The van der Waals surface area contributed by atoms with Crippen molar-refractivity contribution in [2.24, 2.45) is 0 Å². The molecule has 0 aliphatic carbocycles. The number of nitrogens with one attached hydrogen (secondary N) is 1. The number of hydrogen-bond donors (Lipinski definition) is 4. The van der Waals surface area contributed by atoms with Crippen LogP contribution in [0.5, 0.6) is 0 Å². The Morgan fingerprint density at radius 1 is 1.15 bits per heavy atom. The SMILES string of the molecule is O=c1ccn([C@@H]2O[C@H](CO)C(O)C2O)c(=O)n1Cc1[nH]nc2ccccc12. The molecule has 0 radical (unpaired) electrons. The van der Waals surface area contributed by atoms with Crippen LogP contribution in [0.4, 0.5) is 0 Å². The lowest BCUT2D eigenvalue weighted by Crippen LogP contribution is -2.43. The van der Waals surface area contributed by atoms with Crippen molar-refractivity contribution in [1.82, 2.24) is 19.3 Å². The largest absolute Gasteiger partial charge is 0.394 e. The van der Waals surface area contributed by atoms with Crippen molar-refractivity contribution in [2.75, 3.05) is 6.61 Å². The number of rotatable bonds is 4. The van der Waals surface area contributed by atoms with E-state index in [1.807, 2.05) is 18.2 Å². The van der Waals surface area contributed by atoms with Gasteiger partial charge in [-0.05, 0) is 6.07 Å². The van der Waals surface area contributed by atoms with E-state index in [1.165, 1.54) is 12.3 Å². The van der Waals surface area contributed by atoms with E-state index in [9.17, 15) is 24.9 Å². The van der Waals surface area contributed by atoms with Gasteiger partial charge < -0.3 is 20.1 Å². The lowest BCUT2D eigenvalue weighted by molar-refractivity contribution is -0.0555. The van der Waals surface area contributed by atoms with Crippen LogP contribution in [0.1, 0.15) is 11.9 Å². The van der Waals surface area contributed by atoms with E-state index in [0.717, 1.165) is 14.5 Å². The summed E-state index contributed by atoms with van der Waals surface area (Å²) >= 11 is 0. The quantitative estimate of drug-likeness (QED) is 0.437. The minimum atomic E-state index is -1.42. The molecule has 1 aliphatic heterocycles. The second kappa shape index (κ2) is 6.74. The Hall–Kier alpha value is -2.79. The van der Waals surface area contributed by atoms with Crippen molar-refractivity contribution >= 4 is 10.9 Å². The highest BCUT2D eigenvalue weighted by molar-refractivity contribution is 5.81. The maximum absolute atomic E-state index is 12.8. The summed E-state index contributed by atoms with van der Waals surface area (Å²) in [5.41, 5.74) is 0.0571. The summed E-state index contributed by atoms with van der Waals surface area (Å²) in [7, 11) is 0. The highest BCUT2D eigenvalue weighted by Gasteiger charge is 2.43. The first-order valence-electron chi connectivity index (χ1n) is 8.37. The van der Waals surface area contributed by atoms with E-state index in [-0.39, 0.29) is 6.54 Å². The van der Waals surface area contributed by atoms with E-state index in [0.29, 0.717) is 11.2 Å². The molecule has 27 heavy (non-hydrogen) atoms. The van der Waals surface area contributed by atoms with Gasteiger partial charge in [-0.3, -0.25) is 19.0 Å². The number of aromatic amines is 1. The molecule has 0 spiro atoms. The fourth-order valence-corrected chi connectivity index (χ4v) is 3.27. The third-order valence-electron chi connectivity index (χ3n) is 4.74. The van der Waals surface area contributed by atoms with E-state index in [2.05, 4.69) is 10.2 Å². The lowest BCUT2D eigenvalue weighted by Gasteiger charge is -2.18. The number of aliphatic hydroxyl groups excluding tert-OH is 3. The summed E-state index contributed by atoms with van der Waals surface area (Å²) in [6.45, 7) is -0.558. The predicted octanol–water partition coefficient (Wildman–Crippen LogP) is -1.45. The molecule has 0 saturated carbocycles. The molecule has 10 heteroatoms. The van der Waals surface area contributed by atoms with Crippen LogP contribution in [0, 0.1) is 0 Å². The van der Waals surface area contributed by atoms with Crippen LogP contribution in [-0.4, -0.2) is 59.6 Å². The third-order valence-corrected chi connectivity index (χ3v) is 4.74. The first-order chi connectivity index (χ1) is 13.0. The molecule has 1 saturated heterocycles. The second-order valence-electron chi connectivity index (χ2n) is 6.38. The van der Waals surface area contributed by atoms with Crippen LogP contribution in [-0.2, 0) is 11.3 Å². The molecule has 4 rings (SSSR count). The van der Waals surface area contributed by atoms with Crippen LogP contribution in [0.25, 0.3) is 10.9 Å². The number of fused-ring (bicyclic) bond motifs is 1. The number of nitrogens with zero attached hydrogens (tertiary/aromatic N) is 3. The predicted molar refractivity (Wildman–Crippen MR) is 93.2 cm³/mol. The molecule has 4 N–H and O–H groups in total. The van der Waals surface area contributed by atoms with Gasteiger partial charge in [0.2, 0.25) is 0 Å². The molecule has 1 fully saturated rings. The van der Waals surface area contributed by atoms with Crippen molar-refractivity contribution in [3.63, 3.8) is 0 Å². The van der Waals surface area contributed by atoms with Crippen LogP contribution >= 0.6 is 0 Å². The van der Waals surface area contributed by atoms with Gasteiger partial charge in [-0.2, -0.15) is 5.10 Å². The zero-order valence-electron chi connectivity index (χ0n) is 14.1. The van der Waals surface area contributed by atoms with Crippen LogP contribution in [0.15, 0.2) is 46.1 Å². The second-order valence-corrected chi connectivity index (χ2v) is 6.38. The molecule has 0 amide bonds. The van der Waals surface area contributed by atoms with Crippen molar-refractivity contribution in [3.05, 3.63) is 63.1 Å². The molecule has 10 nitrogen and oxygen atoms in total. The van der Waals surface area contributed by atoms with Crippen LogP contribution < -0.4 is 11.2 Å². The molecule has 2 unspecified atom stereocenters. The smallest absolute Gasteiger partial charge is 0.333 e. The highest BCUT2D eigenvalue weighted by atomic mass is 16.6. The van der Waals surface area contributed by atoms with E-state index in [1.54, 1.807) is 6.07 Å². The minimum Gasteiger partial charge on any atom is -0.394 e. The maximum Gasteiger partial charge on any atom is 0.333 e. The summed E-state index contributed by atoms with van der Waals surface area (Å²) < 4.78 is 7.39. The fraction of sp³-hybridized carbons (Fsp3) is 0.353. The standard InChI is InChI=1S/C17H18N4O6/c22-8-12-14(24)15(25)16(27-12)20-6-5-13(23)21(17(20)26)7-11-9-3-1-2-4-10(9)18-19-11/h1-6,12,14-16,22,24-25H,7-8H2,(H,18,19)/t12-,14?,15?,16-/m1/s1. The molecule has 1 aliphatic rings. The number of benzene rings is 1. The molecular formula is C17H18N4O6. The third kappa shape index (κ3) is 2.88. The van der Waals surface area contributed by atoms with Gasteiger partial charge in [0.05, 0.1) is 24.4 Å². The van der Waals surface area contributed by atoms with Gasteiger partial charge in [-0.1, -0.05) is 18.2 Å². The van der Waals surface area contributed by atoms with Gasteiger partial charge in [-0.25, -0.2) is 4.79 Å². The zero-order chi connectivity index (χ0) is 19.1. The number of aromatic nitrogens is 4. The summed E-state index contributed by atoms with van der Waals surface area (Å²) in [4.78, 5) is 25.1. The Morgan fingerprint density at radius 3 is 2.67 bits per heavy atom. The average molecular weight is 374 g/mol. The number of ether oxygens (including phenoxy) is 1. The molecule has 4 atom stereocenters. The molecule has 3 aromatic rings. The molecule has 1 aromatic carbocycles. The number of hydrogen-bond acceptors (Lipinski definition) is 7. The lowest BCUT2D eigenvalue weighted by atomic mass is 10.1. The monoisotopic (exact) mass is 374 g/mol. The summed E-state index contributed by atoms with van der Waals surface area (Å²) in [6, 6.07) is 8.46. The summed E-state index contributed by atoms with van der Waals surface area (Å²) in [6.07, 6.45) is -3.79. The van der Waals surface area contributed by atoms with Gasteiger partial charge in [0.15, 0.2) is 6.23 Å². The van der Waals surface area contributed by atoms with E-state index >= 15 is 0 Å². The van der Waals surface area contributed by atoms with Gasteiger partial charge >= 0.3 is 5.69 Å². The van der Waals surface area contributed by atoms with Gasteiger partial charge in [0.25, 0.3) is 5.56 Å². The van der Waals surface area contributed by atoms with Gasteiger partial charge in [-0.15, -0.1) is 0 Å². The molecule has 0 bridgehead atoms. The topological polar surface area (TPSA) is 143 Å². The van der Waals surface area contributed by atoms with Gasteiger partial charge in [0, 0.05) is 17.6 Å². The Balaban J connectivity index is 1.74. The Kier molecular flexibility index (Phi) is 4.40. The summed E-state index contributed by atoms with van der Waals surface area (Å²) in [5, 5.41) is 37.0. The molecular weight excluding hydrogens is 356 g/mol. The molecule has 142 valence electrons. The van der Waals surface area contributed by atoms with Crippen LogP contribution in [0.2, 0.25) is 0 Å². The van der Waals surface area contributed by atoms with Crippen molar-refractivity contribution in [3.8, 4) is 0 Å². The maximum atomic E-state index is 12.8. The number of para-hydroxylation sites is 1. The van der Waals surface area contributed by atoms with E-state index < -0.39 is 42.4 Å². The first kappa shape index (κ1) is 17.6. The first-order valence-corrected chi connectivity index (χ1v) is 8.37. The van der Waals surface area contributed by atoms with Crippen molar-refractivity contribution in [2.45, 2.75) is 31.1 Å². The molecule has 3 heterocycles. The van der Waals surface area contributed by atoms with E-state index in [4.69, 9.17) is 4.74 Å². The zero-order valence-corrected chi connectivity index (χ0v) is 14.1. The average Bonchev–Trinajstić information content (AvgIpc) is 3.21. The number of H-pyrrole nitrogens is 1. The van der Waals surface area contributed by atoms with Crippen molar-refractivity contribution < 1.29 is 20.1 Å². The Bertz CT molecular complexity index is 1090. The Morgan fingerprint density at radius 2 is 1.93 bits per heavy atom. The number of aliphatic hydroxyl groups is 3. The Labute approximate surface area is 151 Å². The minimum absolute atomic E-state index is 0.0478. The van der Waals surface area contributed by atoms with Crippen LogP contribution in [0.3, 0.4) is 0 Å². The highest BCUT2D eigenvalue weighted by Crippen LogP contribution is 2.27. The van der Waals surface area contributed by atoms with Crippen molar-refractivity contribution in [1.29, 1.82) is 0 Å². The van der Waals surface area contributed by atoms with Gasteiger partial charge in [0.1, 0.15) is 18.3 Å².